The summed E-state index contributed by atoms with van der Waals surface area (Å²) in [6.45, 7) is 4.00. The van der Waals surface area contributed by atoms with Gasteiger partial charge in [0.15, 0.2) is 11.5 Å². The summed E-state index contributed by atoms with van der Waals surface area (Å²) in [6.07, 6.45) is 1.21. The van der Waals surface area contributed by atoms with Gasteiger partial charge in [-0.1, -0.05) is 15.9 Å². The van der Waals surface area contributed by atoms with Gasteiger partial charge < -0.3 is 19.5 Å². The molecule has 1 aromatic rings. The van der Waals surface area contributed by atoms with Crippen LogP contribution in [-0.2, 0) is 16.1 Å². The highest BCUT2D eigenvalue weighted by Gasteiger charge is 2.15. The second-order valence-electron chi connectivity index (χ2n) is 4.38. The number of hydrogen-bond donors (Lipinski definition) is 1. The van der Waals surface area contributed by atoms with Crippen molar-refractivity contribution in [2.75, 3.05) is 19.9 Å². The Bertz CT molecular complexity index is 478. The molecule has 0 saturated carbocycles. The van der Waals surface area contributed by atoms with Crippen LogP contribution in [0.5, 0.6) is 11.5 Å². The average Bonchev–Trinajstić information content (AvgIpc) is 2.85. The second-order valence-corrected chi connectivity index (χ2v) is 5.24. The summed E-state index contributed by atoms with van der Waals surface area (Å²) in [5.41, 5.74) is 1.10. The van der Waals surface area contributed by atoms with Gasteiger partial charge in [-0.2, -0.15) is 0 Å². The molecule has 0 spiro atoms. The number of esters is 1. The van der Waals surface area contributed by atoms with E-state index in [1.54, 1.807) is 0 Å². The number of carbonyl (C=O) groups is 1. The van der Waals surface area contributed by atoms with Crippen molar-refractivity contribution in [2.45, 2.75) is 26.3 Å². The van der Waals surface area contributed by atoms with Gasteiger partial charge in [0, 0.05) is 17.4 Å². The lowest BCUT2D eigenvalue weighted by Gasteiger charge is -2.08. The van der Waals surface area contributed by atoms with Crippen molar-refractivity contribution >= 4 is 21.9 Å². The molecule has 1 N–H and O–H groups in total. The van der Waals surface area contributed by atoms with E-state index in [4.69, 9.17) is 14.2 Å². The minimum atomic E-state index is -0.140. The quantitative estimate of drug-likeness (QED) is 0.609. The average molecular weight is 344 g/mol. The molecule has 2 rings (SSSR count). The van der Waals surface area contributed by atoms with Crippen LogP contribution >= 0.6 is 15.9 Å². The SMILES string of the molecule is CCOC(=O)CCCNCc1cc2c(cc1Br)OCO2. The predicted octanol–water partition coefficient (Wildman–Crippen LogP) is 2.61. The fraction of sp³-hybridized carbons (Fsp3) is 0.500. The third kappa shape index (κ3) is 4.11. The third-order valence-electron chi connectivity index (χ3n) is 2.90. The zero-order valence-corrected chi connectivity index (χ0v) is 13.0. The Hall–Kier alpha value is -1.27. The summed E-state index contributed by atoms with van der Waals surface area (Å²) in [4.78, 5) is 11.2. The number of benzene rings is 1. The Balaban J connectivity index is 1.73. The number of nitrogens with one attached hydrogen (secondary N) is 1. The van der Waals surface area contributed by atoms with E-state index in [1.165, 1.54) is 0 Å². The van der Waals surface area contributed by atoms with E-state index in [9.17, 15) is 4.79 Å². The Labute approximate surface area is 126 Å². The molecule has 0 radical (unpaired) electrons. The topological polar surface area (TPSA) is 56.8 Å². The van der Waals surface area contributed by atoms with Crippen LogP contribution in [0.4, 0.5) is 0 Å². The van der Waals surface area contributed by atoms with E-state index in [0.29, 0.717) is 19.6 Å². The van der Waals surface area contributed by atoms with Crippen molar-refractivity contribution in [3.05, 3.63) is 22.2 Å². The fourth-order valence-corrected chi connectivity index (χ4v) is 2.37. The first-order valence-electron chi connectivity index (χ1n) is 6.65. The monoisotopic (exact) mass is 343 g/mol. The third-order valence-corrected chi connectivity index (χ3v) is 3.64. The van der Waals surface area contributed by atoms with E-state index >= 15 is 0 Å². The molecule has 5 nitrogen and oxygen atoms in total. The van der Waals surface area contributed by atoms with Crippen LogP contribution in [0.25, 0.3) is 0 Å². The van der Waals surface area contributed by atoms with Crippen LogP contribution < -0.4 is 14.8 Å². The summed E-state index contributed by atoms with van der Waals surface area (Å²) in [6, 6.07) is 3.88. The molecule has 1 aliphatic rings. The largest absolute Gasteiger partial charge is 0.466 e. The highest BCUT2D eigenvalue weighted by Crippen LogP contribution is 2.36. The van der Waals surface area contributed by atoms with Gasteiger partial charge in [-0.05, 0) is 37.6 Å². The van der Waals surface area contributed by atoms with E-state index in [2.05, 4.69) is 21.2 Å². The van der Waals surface area contributed by atoms with Gasteiger partial charge >= 0.3 is 5.97 Å². The van der Waals surface area contributed by atoms with Crippen LogP contribution in [0, 0.1) is 0 Å². The molecule has 0 amide bonds. The van der Waals surface area contributed by atoms with Crippen LogP contribution in [-0.4, -0.2) is 25.9 Å². The zero-order chi connectivity index (χ0) is 14.4. The molecule has 6 heteroatoms. The molecule has 1 aliphatic heterocycles. The maximum atomic E-state index is 11.2. The summed E-state index contributed by atoms with van der Waals surface area (Å²) in [5, 5.41) is 3.30. The molecule has 0 aromatic heterocycles. The molecule has 0 bridgehead atoms. The van der Waals surface area contributed by atoms with Crippen molar-refractivity contribution < 1.29 is 19.0 Å². The van der Waals surface area contributed by atoms with Gasteiger partial charge in [-0.25, -0.2) is 0 Å². The number of fused-ring (bicyclic) bond motifs is 1. The minimum Gasteiger partial charge on any atom is -0.466 e. The maximum Gasteiger partial charge on any atom is 0.305 e. The van der Waals surface area contributed by atoms with E-state index in [0.717, 1.165) is 34.5 Å². The molecular formula is C14H18BrNO4. The summed E-state index contributed by atoms with van der Waals surface area (Å²) in [5.74, 6) is 1.40. The lowest BCUT2D eigenvalue weighted by Crippen LogP contribution is -2.16. The number of halogens is 1. The first-order chi connectivity index (χ1) is 9.70. The van der Waals surface area contributed by atoms with Crippen LogP contribution in [0.2, 0.25) is 0 Å². The van der Waals surface area contributed by atoms with Crippen molar-refractivity contribution in [3.63, 3.8) is 0 Å². The van der Waals surface area contributed by atoms with Gasteiger partial charge in [0.25, 0.3) is 0 Å². The highest BCUT2D eigenvalue weighted by molar-refractivity contribution is 9.10. The maximum absolute atomic E-state index is 11.2. The van der Waals surface area contributed by atoms with E-state index in [-0.39, 0.29) is 12.8 Å². The van der Waals surface area contributed by atoms with E-state index in [1.807, 2.05) is 19.1 Å². The molecule has 20 heavy (non-hydrogen) atoms. The second kappa shape index (κ2) is 7.50. The molecule has 0 fully saturated rings. The zero-order valence-electron chi connectivity index (χ0n) is 11.4. The Morgan fingerprint density at radius 3 is 2.90 bits per heavy atom. The summed E-state index contributed by atoms with van der Waals surface area (Å²) < 4.78 is 16.5. The Morgan fingerprint density at radius 1 is 1.40 bits per heavy atom. The lowest BCUT2D eigenvalue weighted by molar-refractivity contribution is -0.143. The van der Waals surface area contributed by atoms with Gasteiger partial charge in [-0.3, -0.25) is 4.79 Å². The normalized spacial score (nSPS) is 12.5. The molecule has 110 valence electrons. The number of ether oxygens (including phenoxy) is 3. The van der Waals surface area contributed by atoms with E-state index < -0.39 is 0 Å². The van der Waals surface area contributed by atoms with Gasteiger partial charge in [0.1, 0.15) is 0 Å². The molecule has 0 aliphatic carbocycles. The van der Waals surface area contributed by atoms with Crippen LogP contribution in [0.15, 0.2) is 16.6 Å². The number of hydrogen-bond acceptors (Lipinski definition) is 5. The van der Waals surface area contributed by atoms with Gasteiger partial charge in [0.05, 0.1) is 6.61 Å². The van der Waals surface area contributed by atoms with Gasteiger partial charge in [-0.15, -0.1) is 0 Å². The van der Waals surface area contributed by atoms with Crippen molar-refractivity contribution in [3.8, 4) is 11.5 Å². The van der Waals surface area contributed by atoms with Gasteiger partial charge in [0.2, 0.25) is 6.79 Å². The Kier molecular flexibility index (Phi) is 5.67. The molecule has 0 atom stereocenters. The first kappa shape index (κ1) is 15.1. The molecule has 0 saturated heterocycles. The smallest absolute Gasteiger partial charge is 0.305 e. The summed E-state index contributed by atoms with van der Waals surface area (Å²) >= 11 is 3.51. The Morgan fingerprint density at radius 2 is 2.15 bits per heavy atom. The minimum absolute atomic E-state index is 0.140. The molecule has 0 unspecified atom stereocenters. The lowest BCUT2D eigenvalue weighted by atomic mass is 10.2. The predicted molar refractivity (Wildman–Crippen MR) is 77.8 cm³/mol. The summed E-state index contributed by atoms with van der Waals surface area (Å²) in [7, 11) is 0. The van der Waals surface area contributed by atoms with Crippen molar-refractivity contribution in [1.29, 1.82) is 0 Å². The molecular weight excluding hydrogens is 326 g/mol. The molecule has 1 heterocycles. The van der Waals surface area contributed by atoms with Crippen LogP contribution in [0.3, 0.4) is 0 Å². The van der Waals surface area contributed by atoms with Crippen LogP contribution in [0.1, 0.15) is 25.3 Å². The van der Waals surface area contributed by atoms with Crippen molar-refractivity contribution in [2.24, 2.45) is 0 Å². The molecule has 1 aromatic carbocycles. The first-order valence-corrected chi connectivity index (χ1v) is 7.44. The number of carbonyl (C=O) groups excluding carboxylic acids is 1. The fourth-order valence-electron chi connectivity index (χ4n) is 1.91. The number of rotatable bonds is 7. The highest BCUT2D eigenvalue weighted by atomic mass is 79.9. The van der Waals surface area contributed by atoms with Crippen molar-refractivity contribution in [1.82, 2.24) is 5.32 Å². The standard InChI is InChI=1S/C14H18BrNO4/c1-2-18-14(17)4-3-5-16-8-10-6-12-13(7-11(10)15)20-9-19-12/h6-7,16H,2-5,8-9H2,1H3.